The molecule has 1 rings (SSSR count). The Labute approximate surface area is 86.9 Å². The van der Waals surface area contributed by atoms with Gasteiger partial charge < -0.3 is 4.57 Å². The van der Waals surface area contributed by atoms with Gasteiger partial charge in [0.05, 0.1) is 0 Å². The first-order valence-electron chi connectivity index (χ1n) is 5.10. The zero-order valence-corrected chi connectivity index (χ0v) is 10.3. The molecule has 0 heterocycles. The van der Waals surface area contributed by atoms with Crippen LogP contribution in [0.5, 0.6) is 0 Å². The molecular weight excluding hydrogens is 191 g/mol. The third-order valence-electron chi connectivity index (χ3n) is 2.70. The Bertz CT molecular complexity index is 334. The molecule has 0 bridgehead atoms. The van der Waals surface area contributed by atoms with E-state index in [1.54, 1.807) is 0 Å². The van der Waals surface area contributed by atoms with Crippen LogP contribution in [0.25, 0.3) is 0 Å². The minimum Gasteiger partial charge on any atom is -0.319 e. The Morgan fingerprint density at radius 3 is 2.07 bits per heavy atom. The summed E-state index contributed by atoms with van der Waals surface area (Å²) in [6, 6.07) is 8.21. The molecule has 0 saturated carbocycles. The first kappa shape index (κ1) is 11.5. The highest BCUT2D eigenvalue weighted by Gasteiger charge is 2.11. The molecule has 1 unspecified atom stereocenters. The van der Waals surface area contributed by atoms with Crippen molar-refractivity contribution >= 4 is 12.4 Å². The quantitative estimate of drug-likeness (QED) is 0.698. The predicted octanol–water partition coefficient (Wildman–Crippen LogP) is 3.45. The third-order valence-corrected chi connectivity index (χ3v) is 4.24. The van der Waals surface area contributed by atoms with Gasteiger partial charge in [-0.15, -0.1) is 0 Å². The van der Waals surface area contributed by atoms with E-state index in [0.717, 1.165) is 11.7 Å². The van der Waals surface area contributed by atoms with Gasteiger partial charge in [0.2, 0.25) is 0 Å². The molecule has 0 radical (unpaired) electrons. The van der Waals surface area contributed by atoms with E-state index in [4.69, 9.17) is 0 Å². The number of hydrogen-bond donors (Lipinski definition) is 0. The minimum absolute atomic E-state index is 0.595. The Kier molecular flexibility index (Phi) is 3.55. The van der Waals surface area contributed by atoms with E-state index in [2.05, 4.69) is 26.0 Å². The van der Waals surface area contributed by atoms with Crippen molar-refractivity contribution in [1.82, 2.24) is 0 Å². The van der Waals surface area contributed by atoms with Crippen molar-refractivity contribution in [3.63, 3.8) is 0 Å². The van der Waals surface area contributed by atoms with Crippen molar-refractivity contribution < 1.29 is 4.57 Å². The summed E-state index contributed by atoms with van der Waals surface area (Å²) in [5.41, 5.74) is 1.34. The molecule has 0 aliphatic heterocycles. The summed E-state index contributed by atoms with van der Waals surface area (Å²) in [4.78, 5) is 0. The van der Waals surface area contributed by atoms with Crippen LogP contribution in [0, 0.1) is 0 Å². The van der Waals surface area contributed by atoms with Crippen LogP contribution in [-0.4, -0.2) is 13.3 Å². The lowest BCUT2D eigenvalue weighted by atomic mass is 9.99. The lowest BCUT2D eigenvalue weighted by Crippen LogP contribution is -2.03. The zero-order valence-electron chi connectivity index (χ0n) is 9.45. The molecule has 0 amide bonds. The van der Waals surface area contributed by atoms with Crippen molar-refractivity contribution in [3.8, 4) is 0 Å². The molecule has 0 N–H and O–H groups in total. The second kappa shape index (κ2) is 4.31. The summed E-state index contributed by atoms with van der Waals surface area (Å²) in [5, 5.41) is 0.976. The second-order valence-corrected chi connectivity index (χ2v) is 7.47. The molecule has 2 heteroatoms. The fraction of sp³-hybridized carbons (Fsp3) is 0.500. The van der Waals surface area contributed by atoms with Crippen LogP contribution in [0.1, 0.15) is 31.7 Å². The topological polar surface area (TPSA) is 17.1 Å². The zero-order chi connectivity index (χ0) is 10.8. The Hall–Kier alpha value is -0.550. The van der Waals surface area contributed by atoms with E-state index in [-0.39, 0.29) is 0 Å². The van der Waals surface area contributed by atoms with Crippen molar-refractivity contribution in [3.05, 3.63) is 29.8 Å². The van der Waals surface area contributed by atoms with Crippen molar-refractivity contribution in [2.45, 2.75) is 26.2 Å². The van der Waals surface area contributed by atoms with Gasteiger partial charge in [0, 0.05) is 5.30 Å². The summed E-state index contributed by atoms with van der Waals surface area (Å²) >= 11 is 0. The van der Waals surface area contributed by atoms with E-state index in [0.29, 0.717) is 5.92 Å². The molecule has 0 aliphatic carbocycles. The molecular formula is C12H19OP. The molecule has 1 aromatic carbocycles. The van der Waals surface area contributed by atoms with E-state index in [9.17, 15) is 4.57 Å². The SMILES string of the molecule is CCC(C)c1ccc(P(C)(C)=O)cc1. The maximum Gasteiger partial charge on any atom is 0.109 e. The highest BCUT2D eigenvalue weighted by Crippen LogP contribution is 2.34. The predicted molar refractivity (Wildman–Crippen MR) is 64.2 cm³/mol. The van der Waals surface area contributed by atoms with Gasteiger partial charge in [-0.25, -0.2) is 0 Å². The highest BCUT2D eigenvalue weighted by atomic mass is 31.2. The van der Waals surface area contributed by atoms with Gasteiger partial charge in [-0.2, -0.15) is 0 Å². The van der Waals surface area contributed by atoms with E-state index in [1.807, 2.05) is 25.5 Å². The summed E-state index contributed by atoms with van der Waals surface area (Å²) in [6.07, 6.45) is 1.15. The highest BCUT2D eigenvalue weighted by molar-refractivity contribution is 7.70. The fourth-order valence-corrected chi connectivity index (χ4v) is 2.26. The first-order valence-corrected chi connectivity index (χ1v) is 7.70. The molecule has 1 nitrogen and oxygen atoms in total. The Morgan fingerprint density at radius 2 is 1.71 bits per heavy atom. The minimum atomic E-state index is -2.08. The van der Waals surface area contributed by atoms with Crippen molar-refractivity contribution in [1.29, 1.82) is 0 Å². The van der Waals surface area contributed by atoms with Gasteiger partial charge in [0.25, 0.3) is 0 Å². The second-order valence-electron chi connectivity index (χ2n) is 4.25. The number of benzene rings is 1. The van der Waals surface area contributed by atoms with Gasteiger partial charge >= 0.3 is 0 Å². The van der Waals surface area contributed by atoms with Crippen LogP contribution in [0.2, 0.25) is 0 Å². The van der Waals surface area contributed by atoms with Crippen molar-refractivity contribution in [2.24, 2.45) is 0 Å². The molecule has 0 spiro atoms. The summed E-state index contributed by atoms with van der Waals surface area (Å²) in [5.74, 6) is 0.595. The smallest absolute Gasteiger partial charge is 0.109 e. The van der Waals surface area contributed by atoms with Crippen LogP contribution in [0.15, 0.2) is 24.3 Å². The molecule has 78 valence electrons. The fourth-order valence-electron chi connectivity index (χ4n) is 1.40. The van der Waals surface area contributed by atoms with Gasteiger partial charge in [-0.3, -0.25) is 0 Å². The largest absolute Gasteiger partial charge is 0.319 e. The normalized spacial score (nSPS) is 14.0. The van der Waals surface area contributed by atoms with Crippen LogP contribution in [0.3, 0.4) is 0 Å². The average Bonchev–Trinajstić information content (AvgIpc) is 2.15. The average molecular weight is 210 g/mol. The van der Waals surface area contributed by atoms with Gasteiger partial charge in [-0.05, 0) is 31.2 Å². The molecule has 14 heavy (non-hydrogen) atoms. The summed E-state index contributed by atoms with van der Waals surface area (Å²) in [6.45, 7) is 8.02. The molecule has 0 aliphatic rings. The molecule has 0 saturated heterocycles. The van der Waals surface area contributed by atoms with Crippen LogP contribution >= 0.6 is 7.14 Å². The van der Waals surface area contributed by atoms with Gasteiger partial charge in [0.1, 0.15) is 7.14 Å². The Morgan fingerprint density at radius 1 is 1.21 bits per heavy atom. The number of rotatable bonds is 3. The van der Waals surface area contributed by atoms with E-state index >= 15 is 0 Å². The maximum atomic E-state index is 11.8. The summed E-state index contributed by atoms with van der Waals surface area (Å²) < 4.78 is 11.8. The molecule has 1 aromatic rings. The Balaban J connectivity index is 2.95. The monoisotopic (exact) mass is 210 g/mol. The molecule has 0 aromatic heterocycles. The lowest BCUT2D eigenvalue weighted by Gasteiger charge is -2.11. The first-order chi connectivity index (χ1) is 6.45. The molecule has 1 atom stereocenters. The van der Waals surface area contributed by atoms with Crippen LogP contribution in [0.4, 0.5) is 0 Å². The number of hydrogen-bond acceptors (Lipinski definition) is 1. The van der Waals surface area contributed by atoms with Gasteiger partial charge in [0.15, 0.2) is 0 Å². The van der Waals surface area contributed by atoms with E-state index < -0.39 is 7.14 Å². The van der Waals surface area contributed by atoms with Crippen LogP contribution < -0.4 is 5.30 Å². The van der Waals surface area contributed by atoms with Crippen molar-refractivity contribution in [2.75, 3.05) is 13.3 Å². The maximum absolute atomic E-state index is 11.8. The lowest BCUT2D eigenvalue weighted by molar-refractivity contribution is 0.588. The van der Waals surface area contributed by atoms with Crippen LogP contribution in [-0.2, 0) is 4.57 Å². The molecule has 0 fully saturated rings. The summed E-state index contributed by atoms with van der Waals surface area (Å²) in [7, 11) is -2.08. The third kappa shape index (κ3) is 2.72. The van der Waals surface area contributed by atoms with E-state index in [1.165, 1.54) is 5.56 Å². The van der Waals surface area contributed by atoms with Gasteiger partial charge in [-0.1, -0.05) is 38.1 Å². The standard InChI is InChI=1S/C12H19OP/c1-5-10(2)11-6-8-12(9-7-11)14(3,4)13/h6-10H,5H2,1-4H3.